The molecule has 29 heavy (non-hydrogen) atoms. The maximum Gasteiger partial charge on any atom is 0.335 e. The van der Waals surface area contributed by atoms with E-state index in [4.69, 9.17) is 10.2 Å². The van der Waals surface area contributed by atoms with Crippen molar-refractivity contribution < 1.29 is 19.8 Å². The first-order chi connectivity index (χ1) is 13.9. The third-order valence-corrected chi connectivity index (χ3v) is 4.70. The van der Waals surface area contributed by atoms with Crippen LogP contribution in [0, 0.1) is 6.92 Å². The van der Waals surface area contributed by atoms with Gasteiger partial charge in [-0.1, -0.05) is 6.07 Å². The van der Waals surface area contributed by atoms with E-state index in [1.807, 2.05) is 13.1 Å². The second-order valence-electron chi connectivity index (χ2n) is 6.75. The number of fused-ring (bicyclic) bond motifs is 1. The minimum atomic E-state index is -1.11. The normalized spacial score (nSPS) is 17.6. The van der Waals surface area contributed by atoms with Gasteiger partial charge in [-0.25, -0.2) is 9.59 Å². The van der Waals surface area contributed by atoms with Crippen LogP contribution >= 0.6 is 0 Å². The van der Waals surface area contributed by atoms with Crippen molar-refractivity contribution in [1.29, 1.82) is 0 Å². The lowest BCUT2D eigenvalue weighted by molar-refractivity contribution is 0.0696. The van der Waals surface area contributed by atoms with E-state index in [0.717, 1.165) is 43.6 Å². The molecule has 0 aliphatic carbocycles. The van der Waals surface area contributed by atoms with Crippen LogP contribution in [0.15, 0.2) is 23.2 Å². The Balaban J connectivity index is 0.000000170. The van der Waals surface area contributed by atoms with Crippen LogP contribution in [-0.4, -0.2) is 70.7 Å². The van der Waals surface area contributed by atoms with Gasteiger partial charge >= 0.3 is 11.9 Å². The number of aliphatic imine (C=N–C) groups is 1. The maximum absolute atomic E-state index is 10.6. The van der Waals surface area contributed by atoms with E-state index in [1.54, 1.807) is 0 Å². The maximum atomic E-state index is 10.6. The number of imidazole rings is 1. The second-order valence-corrected chi connectivity index (χ2v) is 6.75. The summed E-state index contributed by atoms with van der Waals surface area (Å²) in [5.74, 6) is -0.364. The predicted molar refractivity (Wildman–Crippen MR) is 109 cm³/mol. The van der Waals surface area contributed by atoms with Crippen molar-refractivity contribution in [2.45, 2.75) is 20.0 Å². The minimum Gasteiger partial charge on any atom is -0.478 e. The van der Waals surface area contributed by atoms with Crippen LogP contribution in [0.2, 0.25) is 0 Å². The lowest BCUT2D eigenvalue weighted by Gasteiger charge is -2.26. The number of hydrogen-bond acceptors (Lipinski definition) is 7. The van der Waals surface area contributed by atoms with Crippen LogP contribution < -0.4 is 15.5 Å². The Morgan fingerprint density at radius 2 is 1.76 bits per heavy atom. The van der Waals surface area contributed by atoms with E-state index in [-0.39, 0.29) is 22.9 Å². The van der Waals surface area contributed by atoms with Crippen molar-refractivity contribution in [3.63, 3.8) is 0 Å². The minimum absolute atomic E-state index is 0.0277. The number of hydrogen-bond donors (Lipinski definition) is 5. The van der Waals surface area contributed by atoms with Crippen molar-refractivity contribution >= 4 is 29.9 Å². The highest BCUT2D eigenvalue weighted by Gasteiger charge is 2.19. The van der Waals surface area contributed by atoms with Gasteiger partial charge in [0.1, 0.15) is 11.9 Å². The molecule has 3 heterocycles. The zero-order chi connectivity index (χ0) is 21.0. The number of carboxylic acids is 2. The molecule has 1 aromatic carbocycles. The fourth-order valence-corrected chi connectivity index (χ4v) is 3.12. The van der Waals surface area contributed by atoms with Gasteiger partial charge in [0.25, 0.3) is 0 Å². The number of aromatic amines is 1. The van der Waals surface area contributed by atoms with E-state index >= 15 is 0 Å². The highest BCUT2D eigenvalue weighted by atomic mass is 16.4. The Morgan fingerprint density at radius 3 is 2.34 bits per heavy atom. The van der Waals surface area contributed by atoms with E-state index in [1.165, 1.54) is 25.1 Å². The summed E-state index contributed by atoms with van der Waals surface area (Å²) < 4.78 is 0. The van der Waals surface area contributed by atoms with Crippen LogP contribution in [0.25, 0.3) is 0 Å². The number of aromatic nitrogens is 2. The summed E-state index contributed by atoms with van der Waals surface area (Å²) in [5.41, 5.74) is 1.31. The van der Waals surface area contributed by atoms with Crippen LogP contribution in [0.4, 0.5) is 11.8 Å². The fourth-order valence-electron chi connectivity index (χ4n) is 3.12. The Bertz CT molecular complexity index is 901. The molecule has 154 valence electrons. The van der Waals surface area contributed by atoms with Crippen LogP contribution in [0.1, 0.15) is 38.9 Å². The number of H-pyrrole nitrogens is 1. The monoisotopic (exact) mass is 400 g/mol. The number of anilines is 2. The number of aromatic carboxylic acids is 2. The number of carboxylic acid groups (broad SMARTS) is 2. The quantitative estimate of drug-likeness (QED) is 0.520. The van der Waals surface area contributed by atoms with Gasteiger partial charge in [-0.05, 0) is 31.5 Å². The average molecular weight is 400 g/mol. The summed E-state index contributed by atoms with van der Waals surface area (Å²) in [6.45, 7) is 7.52. The number of nitrogens with one attached hydrogen (secondary N) is 3. The summed E-state index contributed by atoms with van der Waals surface area (Å²) in [6, 6.07) is 4.17. The van der Waals surface area contributed by atoms with Gasteiger partial charge in [0.2, 0.25) is 5.95 Å². The summed E-state index contributed by atoms with van der Waals surface area (Å²) in [6.07, 6.45) is 1.97. The molecule has 0 spiro atoms. The molecule has 10 nitrogen and oxygen atoms in total. The number of carbonyl (C=O) groups is 2. The topological polar surface area (TPSA) is 143 Å². The lowest BCUT2D eigenvalue weighted by Crippen LogP contribution is -2.44. The average Bonchev–Trinajstić information content (AvgIpc) is 3.12. The van der Waals surface area contributed by atoms with Gasteiger partial charge in [-0.15, -0.1) is 0 Å². The number of nitrogens with zero attached hydrogens (tertiary/aromatic N) is 3. The molecule has 1 aromatic heterocycles. The third-order valence-electron chi connectivity index (χ3n) is 4.70. The zero-order valence-corrected chi connectivity index (χ0v) is 16.3. The molecule has 0 bridgehead atoms. The lowest BCUT2D eigenvalue weighted by atomic mass is 10.0. The molecule has 0 saturated carbocycles. The second kappa shape index (κ2) is 8.74. The molecule has 2 aromatic rings. The zero-order valence-electron chi connectivity index (χ0n) is 16.3. The molecule has 1 saturated heterocycles. The van der Waals surface area contributed by atoms with E-state index in [0.29, 0.717) is 0 Å². The molecule has 1 fully saturated rings. The molecular weight excluding hydrogens is 376 g/mol. The molecule has 0 radical (unpaired) electrons. The van der Waals surface area contributed by atoms with Gasteiger partial charge in [-0.2, -0.15) is 4.98 Å². The third kappa shape index (κ3) is 4.72. The number of benzene rings is 1. The van der Waals surface area contributed by atoms with Gasteiger partial charge in [0.15, 0.2) is 5.82 Å². The van der Waals surface area contributed by atoms with Crippen molar-refractivity contribution in [3.8, 4) is 0 Å². The van der Waals surface area contributed by atoms with E-state index in [9.17, 15) is 9.59 Å². The summed E-state index contributed by atoms with van der Waals surface area (Å²) in [4.78, 5) is 35.6. The molecule has 10 heteroatoms. The molecule has 1 unspecified atom stereocenters. The summed E-state index contributed by atoms with van der Waals surface area (Å²) >= 11 is 0. The highest BCUT2D eigenvalue weighted by Crippen LogP contribution is 2.21. The van der Waals surface area contributed by atoms with Crippen molar-refractivity contribution in [2.75, 3.05) is 36.4 Å². The first-order valence-electron chi connectivity index (χ1n) is 9.28. The number of piperazine rings is 1. The fraction of sp³-hybridized carbons (Fsp3) is 0.368. The van der Waals surface area contributed by atoms with Crippen molar-refractivity contribution in [1.82, 2.24) is 15.3 Å². The largest absolute Gasteiger partial charge is 0.478 e. The Morgan fingerprint density at radius 1 is 1.14 bits per heavy atom. The molecule has 4 rings (SSSR count). The molecule has 1 atom stereocenters. The molecule has 2 aliphatic heterocycles. The Hall–Kier alpha value is -3.40. The summed E-state index contributed by atoms with van der Waals surface area (Å²) in [5, 5.41) is 23.9. The smallest absolute Gasteiger partial charge is 0.335 e. The molecular formula is C19H24N6O4. The Labute approximate surface area is 167 Å². The molecule has 5 N–H and O–H groups in total. The predicted octanol–water partition coefficient (Wildman–Crippen LogP) is 1.40. The standard InChI is InChI=1S/C10H16N6.C9H8O4/c1-7-12-6-8-9(13-7)15-10(14-8)16-4-2-11-3-5-16;1-5-6(8(10)11)3-2-4-7(5)9(12)13/h6-7,11,13H,2-5H2,1H3,(H,14,15);2-4H,1H3,(H,10,11)(H,12,13). The van der Waals surface area contributed by atoms with Gasteiger partial charge in [0.05, 0.1) is 17.3 Å². The highest BCUT2D eigenvalue weighted by molar-refractivity contribution is 5.96. The van der Waals surface area contributed by atoms with E-state index in [2.05, 4.69) is 30.5 Å². The number of rotatable bonds is 3. The van der Waals surface area contributed by atoms with Gasteiger partial charge < -0.3 is 30.7 Å². The van der Waals surface area contributed by atoms with Crippen LogP contribution in [0.3, 0.4) is 0 Å². The molecule has 0 amide bonds. The SMILES string of the molecule is CC1N=Cc2[nH]c(N3CCNCC3)nc2N1.Cc1c(C(=O)O)cccc1C(=O)O. The molecule has 2 aliphatic rings. The Kier molecular flexibility index (Phi) is 6.13. The van der Waals surface area contributed by atoms with Crippen LogP contribution in [-0.2, 0) is 0 Å². The van der Waals surface area contributed by atoms with Crippen molar-refractivity contribution in [2.24, 2.45) is 4.99 Å². The van der Waals surface area contributed by atoms with E-state index < -0.39 is 11.9 Å². The first kappa shape index (κ1) is 20.3. The van der Waals surface area contributed by atoms with Gasteiger partial charge in [-0.3, -0.25) is 4.99 Å². The van der Waals surface area contributed by atoms with Crippen molar-refractivity contribution in [3.05, 3.63) is 40.6 Å². The first-order valence-corrected chi connectivity index (χ1v) is 9.28. The van der Waals surface area contributed by atoms with Gasteiger partial charge in [0, 0.05) is 26.2 Å². The summed E-state index contributed by atoms with van der Waals surface area (Å²) in [7, 11) is 0. The van der Waals surface area contributed by atoms with Crippen LogP contribution in [0.5, 0.6) is 0 Å².